The molecule has 0 spiro atoms. The number of benzene rings is 1. The fourth-order valence-electron chi connectivity index (χ4n) is 2.24. The first-order valence-electron chi connectivity index (χ1n) is 7.09. The summed E-state index contributed by atoms with van der Waals surface area (Å²) >= 11 is 5.80. The van der Waals surface area contributed by atoms with Crippen LogP contribution in [0, 0.1) is 0 Å². The molecule has 0 atom stereocenters. The summed E-state index contributed by atoms with van der Waals surface area (Å²) in [5.41, 5.74) is 0.790. The second-order valence-corrected chi connectivity index (χ2v) is 7.38. The molecule has 1 saturated carbocycles. The number of hydrogen-bond donors (Lipinski definition) is 1. The first-order valence-corrected chi connectivity index (χ1v) is 8.97. The predicted octanol–water partition coefficient (Wildman–Crippen LogP) is 2.88. The Labute approximate surface area is 131 Å². The molecule has 1 aromatic rings. The molecule has 1 aliphatic carbocycles. The third-order valence-electron chi connectivity index (χ3n) is 3.65. The third kappa shape index (κ3) is 4.54. The molecule has 0 saturated heterocycles. The van der Waals surface area contributed by atoms with Crippen LogP contribution in [0.1, 0.15) is 31.2 Å². The fourth-order valence-corrected chi connectivity index (χ4v) is 3.86. The Morgan fingerprint density at radius 3 is 2.48 bits per heavy atom. The molecule has 0 aliphatic heterocycles. The SMILES string of the molecule is O=S(=O)(/C=C/c1ccc(Cl)cc1)N(CCCO)C1CCC1. The zero-order valence-corrected chi connectivity index (χ0v) is 13.4. The molecule has 0 heterocycles. The summed E-state index contributed by atoms with van der Waals surface area (Å²) in [6.07, 6.45) is 4.91. The van der Waals surface area contributed by atoms with Gasteiger partial charge in [-0.3, -0.25) is 0 Å². The molecule has 0 unspecified atom stereocenters. The van der Waals surface area contributed by atoms with Crippen molar-refractivity contribution in [2.45, 2.75) is 31.7 Å². The van der Waals surface area contributed by atoms with Crippen molar-refractivity contribution in [1.29, 1.82) is 0 Å². The van der Waals surface area contributed by atoms with Crippen LogP contribution in [0.2, 0.25) is 5.02 Å². The maximum Gasteiger partial charge on any atom is 0.236 e. The second-order valence-electron chi connectivity index (χ2n) is 5.17. The van der Waals surface area contributed by atoms with Gasteiger partial charge in [-0.05, 0) is 43.0 Å². The molecule has 1 aromatic carbocycles. The second kappa shape index (κ2) is 7.40. The van der Waals surface area contributed by atoms with E-state index in [4.69, 9.17) is 16.7 Å². The van der Waals surface area contributed by atoms with E-state index in [1.54, 1.807) is 30.3 Å². The van der Waals surface area contributed by atoms with Crippen molar-refractivity contribution >= 4 is 27.7 Å². The molecule has 2 rings (SSSR count). The summed E-state index contributed by atoms with van der Waals surface area (Å²) in [6.45, 7) is 0.369. The molecule has 4 nitrogen and oxygen atoms in total. The topological polar surface area (TPSA) is 57.6 Å². The van der Waals surface area contributed by atoms with E-state index >= 15 is 0 Å². The van der Waals surface area contributed by atoms with Crippen molar-refractivity contribution in [3.63, 3.8) is 0 Å². The normalized spacial score (nSPS) is 16.5. The number of sulfonamides is 1. The number of hydrogen-bond acceptors (Lipinski definition) is 3. The van der Waals surface area contributed by atoms with Crippen molar-refractivity contribution in [3.8, 4) is 0 Å². The van der Waals surface area contributed by atoms with Crippen LogP contribution in [-0.2, 0) is 10.0 Å². The van der Waals surface area contributed by atoms with Crippen molar-refractivity contribution in [3.05, 3.63) is 40.3 Å². The molecule has 1 fully saturated rings. The quantitative estimate of drug-likeness (QED) is 0.836. The standard InChI is InChI=1S/C15H20ClNO3S/c16-14-7-5-13(6-8-14)9-12-21(19,20)17(10-2-11-18)15-3-1-4-15/h5-9,12,15,18H,1-4,10-11H2/b12-9+. The van der Waals surface area contributed by atoms with Crippen LogP contribution in [0.3, 0.4) is 0 Å². The lowest BCUT2D eigenvalue weighted by Gasteiger charge is -2.35. The number of nitrogens with zero attached hydrogens (tertiary/aromatic N) is 1. The van der Waals surface area contributed by atoms with Crippen LogP contribution in [-0.4, -0.2) is 37.0 Å². The summed E-state index contributed by atoms with van der Waals surface area (Å²) in [5, 5.41) is 10.8. The van der Waals surface area contributed by atoms with Gasteiger partial charge in [0.05, 0.1) is 0 Å². The van der Waals surface area contributed by atoms with Crippen LogP contribution in [0.5, 0.6) is 0 Å². The molecule has 6 heteroatoms. The molecule has 0 amide bonds. The van der Waals surface area contributed by atoms with Crippen molar-refractivity contribution < 1.29 is 13.5 Å². The number of aliphatic hydroxyl groups excluding tert-OH is 1. The van der Waals surface area contributed by atoms with Gasteiger partial charge in [-0.2, -0.15) is 4.31 Å². The predicted molar refractivity (Wildman–Crippen MR) is 85.5 cm³/mol. The first-order chi connectivity index (χ1) is 10.0. The van der Waals surface area contributed by atoms with Crippen LogP contribution in [0.25, 0.3) is 6.08 Å². The molecule has 21 heavy (non-hydrogen) atoms. The highest BCUT2D eigenvalue weighted by Crippen LogP contribution is 2.28. The minimum absolute atomic E-state index is 0.000358. The fraction of sp³-hybridized carbons (Fsp3) is 0.467. The summed E-state index contributed by atoms with van der Waals surface area (Å²) in [6, 6.07) is 7.08. The van der Waals surface area contributed by atoms with Gasteiger partial charge in [0.2, 0.25) is 10.0 Å². The molecular weight excluding hydrogens is 310 g/mol. The van der Waals surface area contributed by atoms with E-state index < -0.39 is 10.0 Å². The van der Waals surface area contributed by atoms with Gasteiger partial charge in [0.1, 0.15) is 0 Å². The van der Waals surface area contributed by atoms with E-state index in [1.165, 1.54) is 9.71 Å². The number of rotatable bonds is 7. The van der Waals surface area contributed by atoms with Gasteiger partial charge in [0.15, 0.2) is 0 Å². The third-order valence-corrected chi connectivity index (χ3v) is 5.51. The Hall–Kier alpha value is -0.880. The lowest BCUT2D eigenvalue weighted by atomic mass is 9.93. The largest absolute Gasteiger partial charge is 0.396 e. The minimum Gasteiger partial charge on any atom is -0.396 e. The summed E-state index contributed by atoms with van der Waals surface area (Å²) in [4.78, 5) is 0. The molecule has 1 N–H and O–H groups in total. The van der Waals surface area contributed by atoms with Gasteiger partial charge >= 0.3 is 0 Å². The highest BCUT2D eigenvalue weighted by atomic mass is 35.5. The maximum atomic E-state index is 12.4. The van der Waals surface area contributed by atoms with Crippen LogP contribution < -0.4 is 0 Å². The highest BCUT2D eigenvalue weighted by Gasteiger charge is 2.31. The summed E-state index contributed by atoms with van der Waals surface area (Å²) in [7, 11) is -3.45. The van der Waals surface area contributed by atoms with Gasteiger partial charge in [-0.25, -0.2) is 8.42 Å². The van der Waals surface area contributed by atoms with Crippen LogP contribution >= 0.6 is 11.6 Å². The Morgan fingerprint density at radius 2 is 1.95 bits per heavy atom. The minimum atomic E-state index is -3.45. The van der Waals surface area contributed by atoms with Crippen LogP contribution in [0.15, 0.2) is 29.7 Å². The average molecular weight is 330 g/mol. The van der Waals surface area contributed by atoms with Crippen LogP contribution in [0.4, 0.5) is 0 Å². The van der Waals surface area contributed by atoms with E-state index in [0.29, 0.717) is 18.0 Å². The van der Waals surface area contributed by atoms with Gasteiger partial charge in [-0.1, -0.05) is 30.2 Å². The van der Waals surface area contributed by atoms with E-state index in [1.807, 2.05) is 0 Å². The lowest BCUT2D eigenvalue weighted by molar-refractivity contribution is 0.200. The lowest BCUT2D eigenvalue weighted by Crippen LogP contribution is -2.43. The Balaban J connectivity index is 2.11. The first kappa shape index (κ1) is 16.5. The van der Waals surface area contributed by atoms with Crippen molar-refractivity contribution in [1.82, 2.24) is 4.31 Å². The van der Waals surface area contributed by atoms with Gasteiger partial charge in [0, 0.05) is 29.6 Å². The molecule has 0 bridgehead atoms. The van der Waals surface area contributed by atoms with E-state index in [-0.39, 0.29) is 12.6 Å². The molecule has 0 aromatic heterocycles. The van der Waals surface area contributed by atoms with Gasteiger partial charge in [0.25, 0.3) is 0 Å². The monoisotopic (exact) mass is 329 g/mol. The zero-order valence-electron chi connectivity index (χ0n) is 11.8. The smallest absolute Gasteiger partial charge is 0.236 e. The van der Waals surface area contributed by atoms with E-state index in [2.05, 4.69) is 0 Å². The Morgan fingerprint density at radius 1 is 1.29 bits per heavy atom. The summed E-state index contributed by atoms with van der Waals surface area (Å²) < 4.78 is 26.4. The Kier molecular flexibility index (Phi) is 5.81. The number of halogens is 1. The number of aliphatic hydroxyl groups is 1. The molecule has 116 valence electrons. The molecular formula is C15H20ClNO3S. The maximum absolute atomic E-state index is 12.4. The molecule has 1 aliphatic rings. The van der Waals surface area contributed by atoms with Gasteiger partial charge in [-0.15, -0.1) is 0 Å². The zero-order chi connectivity index (χ0) is 15.3. The molecule has 0 radical (unpaired) electrons. The Bertz CT molecular complexity index is 579. The van der Waals surface area contributed by atoms with Crippen molar-refractivity contribution in [2.24, 2.45) is 0 Å². The van der Waals surface area contributed by atoms with E-state index in [9.17, 15) is 8.42 Å². The highest BCUT2D eigenvalue weighted by molar-refractivity contribution is 7.92. The van der Waals surface area contributed by atoms with E-state index in [0.717, 1.165) is 24.8 Å². The average Bonchev–Trinajstić information content (AvgIpc) is 2.40. The van der Waals surface area contributed by atoms with Gasteiger partial charge < -0.3 is 5.11 Å². The van der Waals surface area contributed by atoms with Crippen molar-refractivity contribution in [2.75, 3.05) is 13.2 Å². The summed E-state index contributed by atoms with van der Waals surface area (Å²) in [5.74, 6) is 0.